The van der Waals surface area contributed by atoms with Gasteiger partial charge in [-0.1, -0.05) is 24.3 Å². The quantitative estimate of drug-likeness (QED) is 0.780. The second-order valence-electron chi connectivity index (χ2n) is 5.97. The van der Waals surface area contributed by atoms with Gasteiger partial charge in [0, 0.05) is 18.5 Å². The number of nitrogens with zero attached hydrogens (tertiary/aromatic N) is 1. The summed E-state index contributed by atoms with van der Waals surface area (Å²) in [6.45, 7) is 2.58. The average Bonchev–Trinajstić information content (AvgIpc) is 3.11. The van der Waals surface area contributed by atoms with Gasteiger partial charge in [0.15, 0.2) is 0 Å². The Morgan fingerprint density at radius 1 is 1.08 bits per heavy atom. The molecule has 4 heteroatoms. The van der Waals surface area contributed by atoms with E-state index >= 15 is 0 Å². The molecule has 24 heavy (non-hydrogen) atoms. The molecule has 0 saturated heterocycles. The molecule has 0 unspecified atom stereocenters. The Labute approximate surface area is 141 Å². The van der Waals surface area contributed by atoms with Crippen LogP contribution in [-0.4, -0.2) is 18.1 Å². The van der Waals surface area contributed by atoms with Crippen molar-refractivity contribution in [3.8, 4) is 17.2 Å². The van der Waals surface area contributed by atoms with E-state index in [0.717, 1.165) is 42.9 Å². The molecule has 0 radical (unpaired) electrons. The van der Waals surface area contributed by atoms with Gasteiger partial charge in [0.1, 0.15) is 12.0 Å². The van der Waals surface area contributed by atoms with E-state index in [-0.39, 0.29) is 0 Å². The van der Waals surface area contributed by atoms with E-state index < -0.39 is 0 Å². The highest BCUT2D eigenvalue weighted by molar-refractivity contribution is 5.52. The first-order chi connectivity index (χ1) is 11.9. The van der Waals surface area contributed by atoms with Crippen LogP contribution in [0.5, 0.6) is 5.75 Å². The molecule has 0 aliphatic carbocycles. The van der Waals surface area contributed by atoms with Crippen LogP contribution in [0.1, 0.15) is 16.8 Å². The van der Waals surface area contributed by atoms with Gasteiger partial charge >= 0.3 is 0 Å². The molecule has 4 nitrogen and oxygen atoms in total. The normalized spacial score (nSPS) is 13.5. The second kappa shape index (κ2) is 6.89. The van der Waals surface area contributed by atoms with Crippen LogP contribution in [0.15, 0.2) is 59.2 Å². The first-order valence-electron chi connectivity index (χ1n) is 8.33. The maximum atomic E-state index is 5.88. The number of fused-ring (bicyclic) bond motifs is 1. The number of benzene rings is 2. The van der Waals surface area contributed by atoms with Crippen LogP contribution < -0.4 is 10.1 Å². The van der Waals surface area contributed by atoms with Crippen LogP contribution in [-0.2, 0) is 19.4 Å². The van der Waals surface area contributed by atoms with Crippen LogP contribution in [0.25, 0.3) is 11.5 Å². The highest BCUT2D eigenvalue weighted by Crippen LogP contribution is 2.21. The third-order valence-electron chi connectivity index (χ3n) is 4.26. The molecule has 122 valence electrons. The van der Waals surface area contributed by atoms with Crippen molar-refractivity contribution in [2.24, 2.45) is 0 Å². The molecule has 0 fully saturated rings. The minimum absolute atomic E-state index is 0.590. The molecular formula is C20H20N2O2. The molecule has 1 aliphatic rings. The molecular weight excluding hydrogens is 300 g/mol. The van der Waals surface area contributed by atoms with Gasteiger partial charge in [-0.15, -0.1) is 0 Å². The fourth-order valence-electron chi connectivity index (χ4n) is 2.96. The highest BCUT2D eigenvalue weighted by Gasteiger charge is 2.10. The van der Waals surface area contributed by atoms with Crippen LogP contribution in [0.2, 0.25) is 0 Å². The van der Waals surface area contributed by atoms with E-state index in [2.05, 4.69) is 28.5 Å². The van der Waals surface area contributed by atoms with Gasteiger partial charge in [-0.3, -0.25) is 0 Å². The largest absolute Gasteiger partial charge is 0.493 e. The number of oxazole rings is 1. The number of rotatable bonds is 5. The summed E-state index contributed by atoms with van der Waals surface area (Å²) in [6.07, 6.45) is 3.53. The molecule has 0 amide bonds. The number of ether oxygens (including phenoxy) is 1. The fourth-order valence-corrected chi connectivity index (χ4v) is 2.96. The van der Waals surface area contributed by atoms with Crippen molar-refractivity contribution >= 4 is 0 Å². The molecule has 1 N–H and O–H groups in total. The Kier molecular flexibility index (Phi) is 4.30. The summed E-state index contributed by atoms with van der Waals surface area (Å²) in [5, 5.41) is 3.39. The lowest BCUT2D eigenvalue weighted by Crippen LogP contribution is -2.23. The minimum atomic E-state index is 0.590. The molecule has 0 saturated carbocycles. The lowest BCUT2D eigenvalue weighted by Gasteiger charge is -2.17. The summed E-state index contributed by atoms with van der Waals surface area (Å²) in [4.78, 5) is 4.53. The van der Waals surface area contributed by atoms with Crippen molar-refractivity contribution in [3.05, 3.63) is 71.6 Å². The maximum Gasteiger partial charge on any atom is 0.226 e. The smallest absolute Gasteiger partial charge is 0.226 e. The Morgan fingerprint density at radius 2 is 2.00 bits per heavy atom. The van der Waals surface area contributed by atoms with E-state index in [1.807, 2.05) is 30.3 Å². The molecule has 0 bridgehead atoms. The van der Waals surface area contributed by atoms with E-state index in [4.69, 9.17) is 9.15 Å². The Balaban J connectivity index is 1.35. The molecule has 4 rings (SSSR count). The van der Waals surface area contributed by atoms with Crippen molar-refractivity contribution in [1.82, 2.24) is 10.3 Å². The highest BCUT2D eigenvalue weighted by atomic mass is 16.5. The topological polar surface area (TPSA) is 47.3 Å². The van der Waals surface area contributed by atoms with Crippen molar-refractivity contribution in [3.63, 3.8) is 0 Å². The van der Waals surface area contributed by atoms with Crippen LogP contribution in [0.3, 0.4) is 0 Å². The third kappa shape index (κ3) is 3.34. The molecule has 1 aliphatic heterocycles. The molecule has 0 atom stereocenters. The van der Waals surface area contributed by atoms with Gasteiger partial charge in [0.25, 0.3) is 0 Å². The molecule has 2 heterocycles. The van der Waals surface area contributed by atoms with E-state index in [9.17, 15) is 0 Å². The van der Waals surface area contributed by atoms with Crippen molar-refractivity contribution in [1.29, 1.82) is 0 Å². The van der Waals surface area contributed by atoms with Crippen LogP contribution in [0.4, 0.5) is 0 Å². The summed E-state index contributed by atoms with van der Waals surface area (Å²) in [6, 6.07) is 16.3. The summed E-state index contributed by atoms with van der Waals surface area (Å²) >= 11 is 0. The summed E-state index contributed by atoms with van der Waals surface area (Å²) in [5.41, 5.74) is 4.66. The van der Waals surface area contributed by atoms with Gasteiger partial charge in [-0.2, -0.15) is 0 Å². The van der Waals surface area contributed by atoms with E-state index in [1.165, 1.54) is 11.1 Å². The monoisotopic (exact) mass is 320 g/mol. The number of nitrogens with one attached hydrogen (secondary N) is 1. The predicted octanol–water partition coefficient (Wildman–Crippen LogP) is 3.61. The molecule has 0 spiro atoms. The maximum absolute atomic E-state index is 5.88. The van der Waals surface area contributed by atoms with Crippen molar-refractivity contribution in [2.45, 2.75) is 19.4 Å². The standard InChI is InChI=1S/C20H20N2O2/c1-2-4-16(5-3-1)20-22-18(14-24-20)9-11-23-19-7-6-15-8-10-21-13-17(15)12-19/h1-7,12,14,21H,8-11,13H2. The third-order valence-corrected chi connectivity index (χ3v) is 4.26. The van der Waals surface area contributed by atoms with Gasteiger partial charge in [0.2, 0.25) is 5.89 Å². The van der Waals surface area contributed by atoms with E-state index in [1.54, 1.807) is 6.26 Å². The van der Waals surface area contributed by atoms with Crippen LogP contribution >= 0.6 is 0 Å². The minimum Gasteiger partial charge on any atom is -0.493 e. The van der Waals surface area contributed by atoms with Gasteiger partial charge in [0.05, 0.1) is 12.3 Å². The SMILES string of the molecule is c1ccc(-c2nc(CCOc3ccc4c(c3)CNCC4)co2)cc1. The first kappa shape index (κ1) is 15.0. The lowest BCUT2D eigenvalue weighted by molar-refractivity contribution is 0.319. The fraction of sp³-hybridized carbons (Fsp3) is 0.250. The second-order valence-corrected chi connectivity index (χ2v) is 5.97. The van der Waals surface area contributed by atoms with Gasteiger partial charge in [-0.05, 0) is 48.4 Å². The van der Waals surface area contributed by atoms with E-state index in [0.29, 0.717) is 12.5 Å². The number of aromatic nitrogens is 1. The lowest BCUT2D eigenvalue weighted by atomic mass is 10.0. The van der Waals surface area contributed by atoms with Crippen molar-refractivity contribution < 1.29 is 9.15 Å². The first-order valence-corrected chi connectivity index (χ1v) is 8.33. The van der Waals surface area contributed by atoms with Crippen LogP contribution in [0, 0.1) is 0 Å². The zero-order valence-corrected chi connectivity index (χ0v) is 13.5. The number of hydrogen-bond donors (Lipinski definition) is 1. The predicted molar refractivity (Wildman–Crippen MR) is 93.0 cm³/mol. The zero-order valence-electron chi connectivity index (χ0n) is 13.5. The Morgan fingerprint density at radius 3 is 2.92 bits per heavy atom. The summed E-state index contributed by atoms with van der Waals surface area (Å²) in [7, 11) is 0. The van der Waals surface area contributed by atoms with Gasteiger partial charge in [-0.25, -0.2) is 4.98 Å². The zero-order chi connectivity index (χ0) is 16.2. The molecule has 1 aromatic heterocycles. The average molecular weight is 320 g/mol. The summed E-state index contributed by atoms with van der Waals surface area (Å²) in [5.74, 6) is 1.58. The molecule has 2 aromatic carbocycles. The molecule has 3 aromatic rings. The Bertz CT molecular complexity index is 812. The van der Waals surface area contributed by atoms with Gasteiger partial charge < -0.3 is 14.5 Å². The summed E-state index contributed by atoms with van der Waals surface area (Å²) < 4.78 is 11.4. The van der Waals surface area contributed by atoms with Crippen molar-refractivity contribution in [2.75, 3.05) is 13.2 Å². The number of hydrogen-bond acceptors (Lipinski definition) is 4. The Hall–Kier alpha value is -2.59.